The van der Waals surface area contributed by atoms with E-state index in [2.05, 4.69) is 0 Å². The number of amides is 2. The number of methoxy groups -OCH3 is 1. The van der Waals surface area contributed by atoms with E-state index in [0.717, 1.165) is 11.0 Å². The predicted molar refractivity (Wildman–Crippen MR) is 122 cm³/mol. The lowest BCUT2D eigenvalue weighted by atomic mass is 10.0. The van der Waals surface area contributed by atoms with Crippen LogP contribution in [0.1, 0.15) is 20.7 Å². The quantitative estimate of drug-likeness (QED) is 0.480. The molecule has 0 spiro atoms. The minimum atomic E-state index is -1.23. The van der Waals surface area contributed by atoms with E-state index in [1.165, 1.54) is 13.2 Å². The lowest BCUT2D eigenvalue weighted by Gasteiger charge is -2.20. The normalized spacial score (nSPS) is 13.8. The van der Waals surface area contributed by atoms with Crippen LogP contribution < -0.4 is 9.47 Å². The van der Waals surface area contributed by atoms with Crippen LogP contribution in [0.5, 0.6) is 11.5 Å². The van der Waals surface area contributed by atoms with Gasteiger partial charge in [0.1, 0.15) is 18.5 Å². The van der Waals surface area contributed by atoms with Gasteiger partial charge in [-0.15, -0.1) is 0 Å². The van der Waals surface area contributed by atoms with Crippen molar-refractivity contribution >= 4 is 35.0 Å². The molecule has 170 valence electrons. The number of carbonyl (C=O) groups is 2. The van der Waals surface area contributed by atoms with E-state index in [4.69, 9.17) is 32.7 Å². The van der Waals surface area contributed by atoms with Crippen molar-refractivity contribution in [1.82, 2.24) is 4.90 Å². The molecular weight excluding hydrogens is 472 g/mol. The average molecular weight is 490 g/mol. The molecule has 6 nitrogen and oxygen atoms in total. The maximum Gasteiger partial charge on any atom is 0.261 e. The second kappa shape index (κ2) is 9.39. The fraction of sp³-hybridized carbons (Fsp3) is 0.167. The van der Waals surface area contributed by atoms with E-state index in [0.29, 0.717) is 15.6 Å². The van der Waals surface area contributed by atoms with Crippen molar-refractivity contribution in [2.24, 2.45) is 0 Å². The molecule has 4 rings (SSSR count). The summed E-state index contributed by atoms with van der Waals surface area (Å²) in [5.41, 5.74) is 1.21. The molecule has 0 aromatic heterocycles. The molecule has 0 aliphatic carbocycles. The Morgan fingerprint density at radius 3 is 2.15 bits per heavy atom. The summed E-state index contributed by atoms with van der Waals surface area (Å²) in [5.74, 6) is -1.45. The third-order valence-electron chi connectivity index (χ3n) is 5.16. The van der Waals surface area contributed by atoms with Crippen LogP contribution in [-0.4, -0.2) is 48.2 Å². The van der Waals surface area contributed by atoms with Gasteiger partial charge in [-0.25, -0.2) is 4.39 Å². The van der Waals surface area contributed by atoms with Crippen LogP contribution in [0, 0.1) is 5.82 Å². The largest absolute Gasteiger partial charge is 0.492 e. The van der Waals surface area contributed by atoms with Gasteiger partial charge >= 0.3 is 0 Å². The summed E-state index contributed by atoms with van der Waals surface area (Å²) in [6.07, 6.45) is -1.23. The van der Waals surface area contributed by atoms with Crippen molar-refractivity contribution in [3.05, 3.63) is 81.6 Å². The van der Waals surface area contributed by atoms with Gasteiger partial charge in [-0.1, -0.05) is 41.4 Å². The first-order chi connectivity index (χ1) is 15.8. The lowest BCUT2D eigenvalue weighted by Crippen LogP contribution is -2.39. The number of aliphatic hydroxyl groups excluding tert-OH is 1. The number of hydrogen-bond acceptors (Lipinski definition) is 5. The fourth-order valence-corrected chi connectivity index (χ4v) is 4.28. The molecule has 0 fully saturated rings. The molecule has 0 bridgehead atoms. The van der Waals surface area contributed by atoms with Crippen molar-refractivity contribution in [3.8, 4) is 22.6 Å². The summed E-state index contributed by atoms with van der Waals surface area (Å²) in [6.45, 7) is -0.615. The van der Waals surface area contributed by atoms with Gasteiger partial charge in [0.15, 0.2) is 11.5 Å². The molecule has 1 unspecified atom stereocenters. The zero-order chi connectivity index (χ0) is 23.7. The van der Waals surface area contributed by atoms with Gasteiger partial charge in [0.25, 0.3) is 11.8 Å². The number of carbonyl (C=O) groups excluding carboxylic acids is 2. The summed E-state index contributed by atoms with van der Waals surface area (Å²) in [7, 11) is 1.38. The number of nitrogens with zero attached hydrogens (tertiary/aromatic N) is 1. The molecule has 0 radical (unpaired) electrons. The molecule has 0 saturated carbocycles. The van der Waals surface area contributed by atoms with E-state index in [9.17, 15) is 19.1 Å². The summed E-state index contributed by atoms with van der Waals surface area (Å²) in [5, 5.41) is 11.0. The summed E-state index contributed by atoms with van der Waals surface area (Å²) >= 11 is 12.5. The molecule has 3 aromatic rings. The Morgan fingerprint density at radius 2 is 1.58 bits per heavy atom. The standard InChI is InChI=1S/C24H18Cl2FNO5/c1-32-22-17(21-18(25)7-4-8-19(21)26)9-13(27)10-20(22)33-12-14(29)11-28-23(30)15-5-2-3-6-16(15)24(28)31/h2-10,14,29H,11-12H2,1H3. The highest BCUT2D eigenvalue weighted by Gasteiger charge is 2.36. The highest BCUT2D eigenvalue weighted by Crippen LogP contribution is 2.44. The lowest BCUT2D eigenvalue weighted by molar-refractivity contribution is 0.0453. The number of halogens is 3. The Balaban J connectivity index is 1.54. The number of aliphatic hydroxyl groups is 1. The summed E-state index contributed by atoms with van der Waals surface area (Å²) < 4.78 is 25.5. The number of β-amino-alcohol motifs (C(OH)–C–C–N with tert-alkyl or cyclic N) is 1. The number of rotatable bonds is 7. The maximum atomic E-state index is 14.4. The van der Waals surface area contributed by atoms with Crippen LogP contribution in [-0.2, 0) is 0 Å². The van der Waals surface area contributed by atoms with E-state index in [-0.39, 0.29) is 41.3 Å². The van der Waals surface area contributed by atoms with Gasteiger partial charge in [-0.2, -0.15) is 0 Å². The first kappa shape index (κ1) is 23.0. The number of imide groups is 1. The third-order valence-corrected chi connectivity index (χ3v) is 5.79. The van der Waals surface area contributed by atoms with E-state index >= 15 is 0 Å². The van der Waals surface area contributed by atoms with Crippen molar-refractivity contribution in [1.29, 1.82) is 0 Å². The van der Waals surface area contributed by atoms with E-state index < -0.39 is 23.7 Å². The van der Waals surface area contributed by atoms with Gasteiger partial charge in [-0.05, 0) is 30.3 Å². The second-order valence-corrected chi connectivity index (χ2v) is 8.13. The van der Waals surface area contributed by atoms with Crippen LogP contribution in [0.4, 0.5) is 4.39 Å². The van der Waals surface area contributed by atoms with Crippen molar-refractivity contribution in [2.75, 3.05) is 20.3 Å². The van der Waals surface area contributed by atoms with Crippen LogP contribution in [0.2, 0.25) is 10.0 Å². The molecule has 2 amide bonds. The molecule has 33 heavy (non-hydrogen) atoms. The van der Waals surface area contributed by atoms with Gasteiger partial charge in [-0.3, -0.25) is 14.5 Å². The predicted octanol–water partition coefficient (Wildman–Crippen LogP) is 4.84. The second-order valence-electron chi connectivity index (χ2n) is 7.31. The molecule has 1 aliphatic rings. The SMILES string of the molecule is COc1c(OCC(O)CN2C(=O)c3ccccc3C2=O)cc(F)cc1-c1c(Cl)cccc1Cl. The monoisotopic (exact) mass is 489 g/mol. The van der Waals surface area contributed by atoms with Crippen LogP contribution in [0.25, 0.3) is 11.1 Å². The number of benzene rings is 3. The fourth-order valence-electron chi connectivity index (χ4n) is 3.68. The molecule has 1 N–H and O–H groups in total. The highest BCUT2D eigenvalue weighted by atomic mass is 35.5. The van der Waals surface area contributed by atoms with E-state index in [1.54, 1.807) is 42.5 Å². The molecule has 9 heteroatoms. The van der Waals surface area contributed by atoms with Crippen LogP contribution in [0.15, 0.2) is 54.6 Å². The molecule has 3 aromatic carbocycles. The minimum Gasteiger partial charge on any atom is -0.492 e. The van der Waals surface area contributed by atoms with Gasteiger partial charge in [0, 0.05) is 17.2 Å². The van der Waals surface area contributed by atoms with Gasteiger partial charge in [0.05, 0.1) is 34.8 Å². The molecular formula is C24H18Cl2FNO5. The zero-order valence-electron chi connectivity index (χ0n) is 17.3. The van der Waals surface area contributed by atoms with Crippen molar-refractivity contribution in [2.45, 2.75) is 6.10 Å². The Labute approximate surface area is 199 Å². The highest BCUT2D eigenvalue weighted by molar-refractivity contribution is 6.39. The third kappa shape index (κ3) is 4.39. The Morgan fingerprint density at radius 1 is 0.970 bits per heavy atom. The Kier molecular flexibility index (Phi) is 6.56. The first-order valence-corrected chi connectivity index (χ1v) is 10.7. The molecule has 1 atom stereocenters. The van der Waals surface area contributed by atoms with Crippen molar-refractivity contribution in [3.63, 3.8) is 0 Å². The summed E-state index contributed by atoms with van der Waals surface area (Å²) in [4.78, 5) is 25.9. The topological polar surface area (TPSA) is 76.1 Å². The summed E-state index contributed by atoms with van der Waals surface area (Å²) in [6, 6.07) is 13.6. The maximum absolute atomic E-state index is 14.4. The Hall–Kier alpha value is -3.13. The molecule has 1 aliphatic heterocycles. The first-order valence-electron chi connectivity index (χ1n) is 9.89. The minimum absolute atomic E-state index is 0.00453. The average Bonchev–Trinajstić information content (AvgIpc) is 3.02. The van der Waals surface area contributed by atoms with Gasteiger partial charge < -0.3 is 14.6 Å². The van der Waals surface area contributed by atoms with Gasteiger partial charge in [0.2, 0.25) is 0 Å². The molecule has 1 heterocycles. The smallest absolute Gasteiger partial charge is 0.261 e. The van der Waals surface area contributed by atoms with Crippen molar-refractivity contribution < 1.29 is 28.6 Å². The number of hydrogen-bond donors (Lipinski definition) is 1. The Bertz CT molecular complexity index is 1190. The zero-order valence-corrected chi connectivity index (χ0v) is 18.9. The van der Waals surface area contributed by atoms with E-state index in [1.807, 2.05) is 0 Å². The van der Waals surface area contributed by atoms with Crippen LogP contribution in [0.3, 0.4) is 0 Å². The van der Waals surface area contributed by atoms with Crippen LogP contribution >= 0.6 is 23.2 Å². The number of fused-ring (bicyclic) bond motifs is 1. The molecule has 0 saturated heterocycles. The number of ether oxygens (including phenoxy) is 2.